The number of anilines is 2. The lowest BCUT2D eigenvalue weighted by Gasteiger charge is -2.09. The molecule has 1 aliphatic heterocycles. The number of hydrogen-bond donors (Lipinski definition) is 3. The van der Waals surface area contributed by atoms with Gasteiger partial charge < -0.3 is 21.1 Å². The molecule has 2 aromatic carbocycles. The van der Waals surface area contributed by atoms with Gasteiger partial charge in [-0.3, -0.25) is 0 Å². The van der Waals surface area contributed by atoms with Gasteiger partial charge in [-0.25, -0.2) is 9.79 Å². The molecule has 2 aromatic rings. The molecule has 0 fully saturated rings. The van der Waals surface area contributed by atoms with Crippen molar-refractivity contribution in [3.63, 3.8) is 0 Å². The minimum absolute atomic E-state index is 0.0528. The fourth-order valence-corrected chi connectivity index (χ4v) is 2.49. The van der Waals surface area contributed by atoms with Crippen LogP contribution in [0.1, 0.15) is 5.56 Å². The van der Waals surface area contributed by atoms with Crippen molar-refractivity contribution in [1.29, 1.82) is 0 Å². The van der Waals surface area contributed by atoms with Crippen LogP contribution in [-0.4, -0.2) is 24.7 Å². The molecule has 1 aliphatic rings. The molecular weight excluding hydrogens is 328 g/mol. The lowest BCUT2D eigenvalue weighted by atomic mass is 10.1. The average Bonchev–Trinajstić information content (AvgIpc) is 2.96. The lowest BCUT2D eigenvalue weighted by molar-refractivity contribution is 0.262. The first-order valence-electron chi connectivity index (χ1n) is 7.47. The highest BCUT2D eigenvalue weighted by Crippen LogP contribution is 2.16. The molecule has 0 spiro atoms. The number of nitrogens with zero attached hydrogens (tertiary/aromatic N) is 1. The van der Waals surface area contributed by atoms with Crippen molar-refractivity contribution < 1.29 is 9.53 Å². The van der Waals surface area contributed by atoms with Crippen molar-refractivity contribution in [2.75, 3.05) is 17.2 Å². The van der Waals surface area contributed by atoms with Gasteiger partial charge in [0.15, 0.2) is 0 Å². The third kappa shape index (κ3) is 4.39. The van der Waals surface area contributed by atoms with Gasteiger partial charge in [0.2, 0.25) is 0 Å². The van der Waals surface area contributed by atoms with Crippen molar-refractivity contribution in [2.45, 2.75) is 12.5 Å². The molecule has 0 saturated carbocycles. The van der Waals surface area contributed by atoms with Gasteiger partial charge in [0.05, 0.1) is 6.04 Å². The molecule has 2 amide bonds. The van der Waals surface area contributed by atoms with Crippen LogP contribution in [0.3, 0.4) is 0 Å². The number of rotatable bonds is 4. The molecule has 24 heavy (non-hydrogen) atoms. The van der Waals surface area contributed by atoms with Gasteiger partial charge in [0, 0.05) is 16.4 Å². The molecule has 0 radical (unpaired) electrons. The average molecular weight is 345 g/mol. The molecule has 124 valence electrons. The molecule has 0 aromatic heterocycles. The smallest absolute Gasteiger partial charge is 0.323 e. The molecule has 0 bridgehead atoms. The Kier molecular flexibility index (Phi) is 4.86. The van der Waals surface area contributed by atoms with Gasteiger partial charge in [0.1, 0.15) is 6.61 Å². The van der Waals surface area contributed by atoms with Crippen LogP contribution >= 0.6 is 11.6 Å². The summed E-state index contributed by atoms with van der Waals surface area (Å²) in [6.45, 7) is 0.509. The number of halogens is 1. The maximum Gasteiger partial charge on any atom is 0.323 e. The quantitative estimate of drug-likeness (QED) is 0.795. The van der Waals surface area contributed by atoms with E-state index in [0.717, 1.165) is 12.0 Å². The molecule has 1 unspecified atom stereocenters. The summed E-state index contributed by atoms with van der Waals surface area (Å²) in [6.07, 6.45) is 0.748. The zero-order valence-electron chi connectivity index (χ0n) is 12.8. The van der Waals surface area contributed by atoms with Gasteiger partial charge in [0.25, 0.3) is 6.02 Å². The lowest BCUT2D eigenvalue weighted by Crippen LogP contribution is -2.19. The molecule has 6 nitrogen and oxygen atoms in total. The third-order valence-corrected chi connectivity index (χ3v) is 3.77. The van der Waals surface area contributed by atoms with Crippen LogP contribution in [0.4, 0.5) is 16.2 Å². The Morgan fingerprint density at radius 3 is 2.25 bits per heavy atom. The molecule has 0 saturated heterocycles. The largest absolute Gasteiger partial charge is 0.463 e. The number of benzene rings is 2. The zero-order chi connectivity index (χ0) is 16.9. The van der Waals surface area contributed by atoms with Crippen LogP contribution in [0.15, 0.2) is 53.5 Å². The van der Waals surface area contributed by atoms with Gasteiger partial charge in [-0.05, 0) is 48.4 Å². The fraction of sp³-hybridized carbons (Fsp3) is 0.176. The Morgan fingerprint density at radius 2 is 1.71 bits per heavy atom. The molecule has 1 heterocycles. The van der Waals surface area contributed by atoms with Crippen LogP contribution in [0.2, 0.25) is 5.02 Å². The van der Waals surface area contributed by atoms with Crippen molar-refractivity contribution >= 4 is 35.0 Å². The molecule has 4 N–H and O–H groups in total. The van der Waals surface area contributed by atoms with Crippen molar-refractivity contribution in [2.24, 2.45) is 10.7 Å². The second kappa shape index (κ2) is 7.23. The summed E-state index contributed by atoms with van der Waals surface area (Å²) >= 11 is 5.81. The number of amides is 2. The summed E-state index contributed by atoms with van der Waals surface area (Å²) in [5.74, 6) is 0. The highest BCUT2D eigenvalue weighted by atomic mass is 35.5. The second-order valence-electron chi connectivity index (χ2n) is 5.42. The van der Waals surface area contributed by atoms with Crippen LogP contribution < -0.4 is 16.4 Å². The summed E-state index contributed by atoms with van der Waals surface area (Å²) in [5.41, 5.74) is 7.97. The maximum absolute atomic E-state index is 12.0. The van der Waals surface area contributed by atoms with E-state index in [4.69, 9.17) is 22.1 Å². The summed E-state index contributed by atoms with van der Waals surface area (Å²) in [4.78, 5) is 16.2. The summed E-state index contributed by atoms with van der Waals surface area (Å²) in [6, 6.07) is 14.5. The van der Waals surface area contributed by atoms with Crippen molar-refractivity contribution in [3.8, 4) is 0 Å². The maximum atomic E-state index is 12.0. The number of aliphatic imine (C=N–C) groups is 1. The van der Waals surface area contributed by atoms with E-state index in [2.05, 4.69) is 15.6 Å². The predicted octanol–water partition coefficient (Wildman–Crippen LogP) is 3.24. The van der Waals surface area contributed by atoms with E-state index in [0.29, 0.717) is 23.0 Å². The number of urea groups is 1. The van der Waals surface area contributed by atoms with E-state index in [-0.39, 0.29) is 18.1 Å². The normalized spacial score (nSPS) is 16.2. The highest BCUT2D eigenvalue weighted by molar-refractivity contribution is 6.30. The number of nitrogens with one attached hydrogen (secondary N) is 2. The zero-order valence-corrected chi connectivity index (χ0v) is 13.6. The molecule has 1 atom stereocenters. The van der Waals surface area contributed by atoms with E-state index >= 15 is 0 Å². The first-order valence-corrected chi connectivity index (χ1v) is 7.85. The van der Waals surface area contributed by atoms with E-state index < -0.39 is 0 Å². The van der Waals surface area contributed by atoms with Gasteiger partial charge in [-0.1, -0.05) is 23.7 Å². The van der Waals surface area contributed by atoms with Crippen LogP contribution in [-0.2, 0) is 11.2 Å². The van der Waals surface area contributed by atoms with Gasteiger partial charge in [-0.15, -0.1) is 0 Å². The number of hydrogen-bond acceptors (Lipinski definition) is 4. The minimum atomic E-state index is -0.313. The van der Waals surface area contributed by atoms with E-state index in [9.17, 15) is 4.79 Å². The molecule has 7 heteroatoms. The molecular formula is C17H17ClN4O2. The van der Waals surface area contributed by atoms with Crippen LogP contribution in [0.25, 0.3) is 0 Å². The fourth-order valence-electron chi connectivity index (χ4n) is 2.36. The summed E-state index contributed by atoms with van der Waals surface area (Å²) < 4.78 is 5.13. The Labute approximate surface area is 144 Å². The second-order valence-corrected chi connectivity index (χ2v) is 5.86. The molecule has 3 rings (SSSR count). The topological polar surface area (TPSA) is 88.7 Å². The predicted molar refractivity (Wildman–Crippen MR) is 95.6 cm³/mol. The first kappa shape index (κ1) is 16.1. The number of nitrogens with two attached hydrogens (primary N) is 1. The SMILES string of the molecule is NC1=NC(Cc2ccc(NC(=O)Nc3ccc(Cl)cc3)cc2)CO1. The summed E-state index contributed by atoms with van der Waals surface area (Å²) in [7, 11) is 0. The van der Waals surface area contributed by atoms with Gasteiger partial charge >= 0.3 is 6.03 Å². The Bertz CT molecular complexity index is 744. The number of carbonyl (C=O) groups is 1. The number of amidine groups is 1. The number of ether oxygens (including phenoxy) is 1. The monoisotopic (exact) mass is 344 g/mol. The van der Waals surface area contributed by atoms with Gasteiger partial charge in [-0.2, -0.15) is 0 Å². The standard InChI is InChI=1S/C17H17ClN4O2/c18-12-3-7-14(8-4-12)22-17(23)21-13-5-1-11(2-6-13)9-15-10-24-16(19)20-15/h1-8,15H,9-10H2,(H2,19,20)(H2,21,22,23). The van der Waals surface area contributed by atoms with E-state index in [1.807, 2.05) is 24.3 Å². The first-order chi connectivity index (χ1) is 11.6. The Balaban J connectivity index is 1.53. The Hall–Kier alpha value is -2.73. The van der Waals surface area contributed by atoms with Crippen molar-refractivity contribution in [3.05, 3.63) is 59.1 Å². The van der Waals surface area contributed by atoms with Crippen molar-refractivity contribution in [1.82, 2.24) is 0 Å². The summed E-state index contributed by atoms with van der Waals surface area (Å²) in [5, 5.41) is 6.14. The van der Waals surface area contributed by atoms with E-state index in [1.54, 1.807) is 24.3 Å². The molecule has 0 aliphatic carbocycles. The van der Waals surface area contributed by atoms with E-state index in [1.165, 1.54) is 0 Å². The van der Waals surface area contributed by atoms with Crippen LogP contribution in [0, 0.1) is 0 Å². The third-order valence-electron chi connectivity index (χ3n) is 3.52. The number of carbonyl (C=O) groups excluding carboxylic acids is 1. The van der Waals surface area contributed by atoms with Crippen LogP contribution in [0.5, 0.6) is 0 Å². The minimum Gasteiger partial charge on any atom is -0.463 e. The Morgan fingerprint density at radius 1 is 1.12 bits per heavy atom. The highest BCUT2D eigenvalue weighted by Gasteiger charge is 2.16.